The fraction of sp³-hybridized carbons (Fsp3) is 0.500. The van der Waals surface area contributed by atoms with E-state index in [4.69, 9.17) is 9.26 Å². The van der Waals surface area contributed by atoms with Crippen LogP contribution < -0.4 is 10.1 Å². The molecule has 0 bridgehead atoms. The predicted molar refractivity (Wildman–Crippen MR) is 100 cm³/mol. The summed E-state index contributed by atoms with van der Waals surface area (Å²) >= 11 is 0. The number of methoxy groups -OCH3 is 1. The van der Waals surface area contributed by atoms with E-state index in [1.807, 2.05) is 6.07 Å². The molecule has 2 aromatic heterocycles. The molecule has 1 N–H and O–H groups in total. The van der Waals surface area contributed by atoms with Crippen molar-refractivity contribution in [2.75, 3.05) is 20.2 Å². The minimum atomic E-state index is -3.75. The summed E-state index contributed by atoms with van der Waals surface area (Å²) in [4.78, 5) is 16.8. The zero-order valence-corrected chi connectivity index (χ0v) is 17.0. The molecule has 0 spiro atoms. The van der Waals surface area contributed by atoms with Gasteiger partial charge in [0.2, 0.25) is 21.8 Å². The summed E-state index contributed by atoms with van der Waals surface area (Å²) in [5.74, 6) is 0.184. The molecule has 0 aromatic carbocycles. The van der Waals surface area contributed by atoms with Gasteiger partial charge in [-0.25, -0.2) is 13.4 Å². The molecule has 3 rings (SSSR count). The summed E-state index contributed by atoms with van der Waals surface area (Å²) in [6.07, 6.45) is 2.89. The Kier molecular flexibility index (Phi) is 5.99. The summed E-state index contributed by atoms with van der Waals surface area (Å²) in [5.41, 5.74) is 1.17. The third-order valence-electron chi connectivity index (χ3n) is 4.79. The van der Waals surface area contributed by atoms with Crippen LogP contribution in [0.25, 0.3) is 0 Å². The average molecular weight is 408 g/mol. The number of rotatable bonds is 6. The largest absolute Gasteiger partial charge is 0.481 e. The smallest absolute Gasteiger partial charge is 0.248 e. The fourth-order valence-electron chi connectivity index (χ4n) is 3.32. The van der Waals surface area contributed by atoms with Crippen molar-refractivity contribution in [2.24, 2.45) is 5.92 Å². The zero-order chi connectivity index (χ0) is 20.3. The van der Waals surface area contributed by atoms with Crippen LogP contribution in [-0.2, 0) is 21.4 Å². The molecule has 1 fully saturated rings. The number of sulfonamides is 1. The van der Waals surface area contributed by atoms with E-state index in [0.29, 0.717) is 37.5 Å². The Bertz CT molecular complexity index is 920. The highest BCUT2D eigenvalue weighted by molar-refractivity contribution is 7.89. The Balaban J connectivity index is 1.64. The molecule has 1 aliphatic rings. The molecule has 152 valence electrons. The van der Waals surface area contributed by atoms with Gasteiger partial charge in [-0.1, -0.05) is 11.2 Å². The average Bonchev–Trinajstić information content (AvgIpc) is 3.05. The van der Waals surface area contributed by atoms with Gasteiger partial charge >= 0.3 is 0 Å². The van der Waals surface area contributed by atoms with E-state index in [2.05, 4.69) is 15.5 Å². The SMILES string of the molecule is COc1ccc(CNC(=O)C2CCCN(S(=O)(=O)c3c(C)noc3C)C2)cn1. The highest BCUT2D eigenvalue weighted by Gasteiger charge is 2.36. The highest BCUT2D eigenvalue weighted by atomic mass is 32.2. The summed E-state index contributed by atoms with van der Waals surface area (Å²) < 4.78 is 37.3. The van der Waals surface area contributed by atoms with Gasteiger partial charge < -0.3 is 14.6 Å². The van der Waals surface area contributed by atoms with Gasteiger partial charge in [-0.05, 0) is 32.3 Å². The van der Waals surface area contributed by atoms with Gasteiger partial charge in [0.15, 0.2) is 5.76 Å². The van der Waals surface area contributed by atoms with Crippen molar-refractivity contribution in [3.05, 3.63) is 35.3 Å². The van der Waals surface area contributed by atoms with E-state index >= 15 is 0 Å². The predicted octanol–water partition coefficient (Wildman–Crippen LogP) is 1.41. The van der Waals surface area contributed by atoms with Crippen LogP contribution in [-0.4, -0.2) is 49.0 Å². The van der Waals surface area contributed by atoms with Crippen LogP contribution in [0.5, 0.6) is 5.88 Å². The number of nitrogens with one attached hydrogen (secondary N) is 1. The monoisotopic (exact) mass is 408 g/mol. The van der Waals surface area contributed by atoms with Gasteiger partial charge in [0.25, 0.3) is 0 Å². The molecule has 1 saturated heterocycles. The molecule has 3 heterocycles. The van der Waals surface area contributed by atoms with E-state index in [9.17, 15) is 13.2 Å². The number of aromatic nitrogens is 2. The number of nitrogens with zero attached hydrogens (tertiary/aromatic N) is 3. The molecule has 28 heavy (non-hydrogen) atoms. The first-order valence-corrected chi connectivity index (χ1v) is 10.5. The standard InChI is InChI=1S/C18H24N4O5S/c1-12-17(13(2)27-21-12)28(24,25)22-8-4-5-15(11-22)18(23)20-10-14-6-7-16(26-3)19-9-14/h6-7,9,15H,4-5,8,10-11H2,1-3H3,(H,20,23). The molecule has 2 aromatic rings. The fourth-order valence-corrected chi connectivity index (χ4v) is 5.13. The third-order valence-corrected chi connectivity index (χ3v) is 6.90. The second-order valence-electron chi connectivity index (χ2n) is 6.78. The van der Waals surface area contributed by atoms with Crippen molar-refractivity contribution < 1.29 is 22.5 Å². The lowest BCUT2D eigenvalue weighted by atomic mass is 9.99. The van der Waals surface area contributed by atoms with E-state index in [-0.39, 0.29) is 23.1 Å². The maximum absolute atomic E-state index is 13.0. The maximum atomic E-state index is 13.0. The molecule has 0 radical (unpaired) electrons. The number of pyridine rings is 1. The van der Waals surface area contributed by atoms with Crippen LogP contribution in [0.15, 0.2) is 27.7 Å². The van der Waals surface area contributed by atoms with Gasteiger partial charge in [-0.3, -0.25) is 4.79 Å². The number of carbonyl (C=O) groups excluding carboxylic acids is 1. The quantitative estimate of drug-likeness (QED) is 0.768. The number of carbonyl (C=O) groups is 1. The molecule has 0 aliphatic carbocycles. The van der Waals surface area contributed by atoms with Crippen LogP contribution in [0, 0.1) is 19.8 Å². The lowest BCUT2D eigenvalue weighted by Crippen LogP contribution is -2.45. The first kappa shape index (κ1) is 20.3. The van der Waals surface area contributed by atoms with E-state index < -0.39 is 15.9 Å². The topological polar surface area (TPSA) is 115 Å². The van der Waals surface area contributed by atoms with Gasteiger partial charge in [-0.2, -0.15) is 4.31 Å². The Morgan fingerprint density at radius 2 is 2.18 bits per heavy atom. The minimum Gasteiger partial charge on any atom is -0.481 e. The van der Waals surface area contributed by atoms with Crippen LogP contribution in [0.4, 0.5) is 0 Å². The maximum Gasteiger partial charge on any atom is 0.248 e. The van der Waals surface area contributed by atoms with Gasteiger partial charge in [0.1, 0.15) is 10.6 Å². The Hall–Kier alpha value is -2.46. The van der Waals surface area contributed by atoms with Gasteiger partial charge in [0.05, 0.1) is 13.0 Å². The van der Waals surface area contributed by atoms with Crippen molar-refractivity contribution in [3.8, 4) is 5.88 Å². The number of hydrogen-bond donors (Lipinski definition) is 1. The number of hydrogen-bond acceptors (Lipinski definition) is 7. The van der Waals surface area contributed by atoms with E-state index in [1.54, 1.807) is 26.1 Å². The third kappa shape index (κ3) is 4.17. The lowest BCUT2D eigenvalue weighted by molar-refractivity contribution is -0.126. The van der Waals surface area contributed by atoms with Gasteiger partial charge in [0, 0.05) is 31.9 Å². The van der Waals surface area contributed by atoms with Crippen LogP contribution in [0.3, 0.4) is 0 Å². The number of piperidine rings is 1. The number of ether oxygens (including phenoxy) is 1. The number of amides is 1. The van der Waals surface area contributed by atoms with Crippen LogP contribution in [0.1, 0.15) is 29.9 Å². The lowest BCUT2D eigenvalue weighted by Gasteiger charge is -2.31. The molecule has 1 aliphatic heterocycles. The molecule has 1 unspecified atom stereocenters. The normalized spacial score (nSPS) is 18.0. The van der Waals surface area contributed by atoms with E-state index in [0.717, 1.165) is 5.56 Å². The first-order valence-electron chi connectivity index (χ1n) is 9.02. The van der Waals surface area contributed by atoms with Crippen LogP contribution >= 0.6 is 0 Å². The van der Waals surface area contributed by atoms with Crippen molar-refractivity contribution >= 4 is 15.9 Å². The first-order chi connectivity index (χ1) is 13.3. The minimum absolute atomic E-state index is 0.0952. The molecule has 1 atom stereocenters. The molecular weight excluding hydrogens is 384 g/mol. The summed E-state index contributed by atoms with van der Waals surface area (Å²) in [6, 6.07) is 3.54. The van der Waals surface area contributed by atoms with Crippen molar-refractivity contribution in [1.29, 1.82) is 0 Å². The van der Waals surface area contributed by atoms with Crippen LogP contribution in [0.2, 0.25) is 0 Å². The molecule has 1 amide bonds. The highest BCUT2D eigenvalue weighted by Crippen LogP contribution is 2.27. The summed E-state index contributed by atoms with van der Waals surface area (Å²) in [6.45, 7) is 4.00. The Morgan fingerprint density at radius 1 is 1.39 bits per heavy atom. The molecule has 0 saturated carbocycles. The molecular formula is C18H24N4O5S. The van der Waals surface area contributed by atoms with Crippen molar-refractivity contribution in [1.82, 2.24) is 19.8 Å². The Morgan fingerprint density at radius 3 is 2.79 bits per heavy atom. The second-order valence-corrected chi connectivity index (χ2v) is 8.66. The van der Waals surface area contributed by atoms with Crippen molar-refractivity contribution in [2.45, 2.75) is 38.1 Å². The van der Waals surface area contributed by atoms with Gasteiger partial charge in [-0.15, -0.1) is 0 Å². The zero-order valence-electron chi connectivity index (χ0n) is 16.1. The summed E-state index contributed by atoms with van der Waals surface area (Å²) in [7, 11) is -2.21. The molecule has 10 heteroatoms. The number of aryl methyl sites for hydroxylation is 2. The second kappa shape index (κ2) is 8.27. The van der Waals surface area contributed by atoms with Crippen molar-refractivity contribution in [3.63, 3.8) is 0 Å². The summed E-state index contributed by atoms with van der Waals surface area (Å²) in [5, 5.41) is 6.60. The Labute approximate surface area is 164 Å². The molecule has 9 nitrogen and oxygen atoms in total. The van der Waals surface area contributed by atoms with E-state index in [1.165, 1.54) is 11.4 Å².